The molecular formula is C27H38ClN3O2. The van der Waals surface area contributed by atoms with Gasteiger partial charge >= 0.3 is 0 Å². The van der Waals surface area contributed by atoms with E-state index < -0.39 is 5.60 Å². The van der Waals surface area contributed by atoms with E-state index in [1.807, 2.05) is 25.1 Å². The Morgan fingerprint density at radius 1 is 1.12 bits per heavy atom. The lowest BCUT2D eigenvalue weighted by Gasteiger charge is -2.50. The van der Waals surface area contributed by atoms with Crippen molar-refractivity contribution in [3.05, 3.63) is 23.2 Å². The average Bonchev–Trinajstić information content (AvgIpc) is 3.21. The molecule has 1 aromatic heterocycles. The first-order valence-electron chi connectivity index (χ1n) is 13.1. The number of aliphatic hydroxyl groups is 1. The highest BCUT2D eigenvalue weighted by molar-refractivity contribution is 6.34. The first-order valence-corrected chi connectivity index (χ1v) is 13.4. The molecule has 1 N–H and O–H groups in total. The number of Topliss-reactive ketones (excluding diaryl/α,β-unsaturated/α-hetero) is 1. The fraction of sp³-hybridized carbons (Fsp3) is 0.741. The minimum atomic E-state index is -0.468. The Kier molecular flexibility index (Phi) is 6.56. The molecule has 2 aromatic rings. The van der Waals surface area contributed by atoms with Crippen LogP contribution in [-0.2, 0) is 11.3 Å². The molecule has 6 heteroatoms. The Labute approximate surface area is 202 Å². The molecule has 3 aliphatic carbocycles. The van der Waals surface area contributed by atoms with Crippen LogP contribution in [0.5, 0.6) is 0 Å². The molecule has 0 bridgehead atoms. The van der Waals surface area contributed by atoms with E-state index in [9.17, 15) is 9.90 Å². The molecule has 3 saturated carbocycles. The minimum Gasteiger partial charge on any atom is -0.390 e. The van der Waals surface area contributed by atoms with Gasteiger partial charge in [0.15, 0.2) is 5.78 Å². The molecule has 180 valence electrons. The lowest BCUT2D eigenvalue weighted by atomic mass is 9.56. The predicted octanol–water partition coefficient (Wildman–Crippen LogP) is 6.06. The summed E-state index contributed by atoms with van der Waals surface area (Å²) in [7, 11) is 0. The minimum absolute atomic E-state index is 0.0947. The van der Waals surface area contributed by atoms with Crippen LogP contribution >= 0.6 is 11.6 Å². The van der Waals surface area contributed by atoms with Gasteiger partial charge in [0.05, 0.1) is 10.6 Å². The Morgan fingerprint density at radius 3 is 2.82 bits per heavy atom. The van der Waals surface area contributed by atoms with Gasteiger partial charge in [0.2, 0.25) is 0 Å². The van der Waals surface area contributed by atoms with E-state index in [0.717, 1.165) is 67.3 Å². The van der Waals surface area contributed by atoms with Crippen molar-refractivity contribution in [3.8, 4) is 0 Å². The number of benzene rings is 1. The number of ketones is 1. The maximum absolute atomic E-state index is 13.4. The molecule has 0 aliphatic heterocycles. The van der Waals surface area contributed by atoms with Crippen LogP contribution in [0.1, 0.15) is 78.1 Å². The van der Waals surface area contributed by atoms with Crippen molar-refractivity contribution < 1.29 is 9.90 Å². The number of carbonyl (C=O) groups excluding carboxylic acids is 1. The van der Waals surface area contributed by atoms with Gasteiger partial charge < -0.3 is 5.11 Å². The van der Waals surface area contributed by atoms with Crippen LogP contribution in [0.3, 0.4) is 0 Å². The van der Waals surface area contributed by atoms with Crippen LogP contribution in [0, 0.1) is 35.5 Å². The Bertz CT molecular complexity index is 1000. The zero-order valence-electron chi connectivity index (χ0n) is 20.0. The van der Waals surface area contributed by atoms with Crippen molar-refractivity contribution in [2.45, 2.75) is 90.2 Å². The van der Waals surface area contributed by atoms with Crippen LogP contribution in [-0.4, -0.2) is 31.5 Å². The van der Waals surface area contributed by atoms with Gasteiger partial charge in [0, 0.05) is 5.92 Å². The lowest BCUT2D eigenvalue weighted by Crippen LogP contribution is -2.45. The van der Waals surface area contributed by atoms with Crippen LogP contribution < -0.4 is 0 Å². The summed E-state index contributed by atoms with van der Waals surface area (Å²) in [5, 5.41) is 19.6. The maximum atomic E-state index is 13.4. The van der Waals surface area contributed by atoms with E-state index in [2.05, 4.69) is 17.2 Å². The SMILES string of the molecule is C[C@H]1CC[C@H](C(=O)Cn2nnc3cccc(Cl)c32)CCC[C@H]2[C@H]1CC[C@@H]1C[C@](C)(O)CC[C@@H]12. The van der Waals surface area contributed by atoms with E-state index in [4.69, 9.17) is 11.6 Å². The number of para-hydroxylation sites is 1. The molecule has 3 fully saturated rings. The Hall–Kier alpha value is -1.46. The fourth-order valence-electron chi connectivity index (χ4n) is 7.60. The summed E-state index contributed by atoms with van der Waals surface area (Å²) >= 11 is 6.38. The van der Waals surface area contributed by atoms with Crippen molar-refractivity contribution in [3.63, 3.8) is 0 Å². The molecule has 1 heterocycles. The quantitative estimate of drug-likeness (QED) is 0.590. The van der Waals surface area contributed by atoms with Crippen molar-refractivity contribution in [1.29, 1.82) is 0 Å². The van der Waals surface area contributed by atoms with Crippen LogP contribution in [0.2, 0.25) is 5.02 Å². The summed E-state index contributed by atoms with van der Waals surface area (Å²) in [5.41, 5.74) is 1.03. The highest BCUT2D eigenvalue weighted by Crippen LogP contribution is 2.53. The van der Waals surface area contributed by atoms with Gasteiger partial charge in [-0.15, -0.1) is 5.10 Å². The number of aromatic nitrogens is 3. The van der Waals surface area contributed by atoms with Crippen molar-refractivity contribution >= 4 is 28.4 Å². The molecule has 0 radical (unpaired) electrons. The highest BCUT2D eigenvalue weighted by Gasteiger charge is 2.46. The van der Waals surface area contributed by atoms with Gasteiger partial charge in [-0.2, -0.15) is 0 Å². The molecule has 0 saturated heterocycles. The maximum Gasteiger partial charge on any atom is 0.157 e. The summed E-state index contributed by atoms with van der Waals surface area (Å²) in [6.45, 7) is 4.71. The number of nitrogens with zero attached hydrogens (tertiary/aromatic N) is 3. The zero-order valence-corrected chi connectivity index (χ0v) is 20.8. The van der Waals surface area contributed by atoms with Crippen molar-refractivity contribution in [2.24, 2.45) is 35.5 Å². The molecular weight excluding hydrogens is 434 g/mol. The summed E-state index contributed by atoms with van der Waals surface area (Å²) in [6.07, 6.45) is 11.1. The monoisotopic (exact) mass is 471 g/mol. The number of rotatable bonds is 3. The molecule has 0 spiro atoms. The first-order chi connectivity index (χ1) is 15.8. The number of hydrogen-bond acceptors (Lipinski definition) is 4. The first kappa shape index (κ1) is 23.3. The average molecular weight is 472 g/mol. The molecule has 0 unspecified atom stereocenters. The van der Waals surface area contributed by atoms with E-state index in [0.29, 0.717) is 16.9 Å². The number of halogens is 1. The van der Waals surface area contributed by atoms with Gasteiger partial charge in [-0.3, -0.25) is 4.79 Å². The van der Waals surface area contributed by atoms with E-state index in [1.165, 1.54) is 25.7 Å². The molecule has 0 amide bonds. The molecule has 1 aromatic carbocycles. The normalized spacial score (nSPS) is 37.5. The second-order valence-corrected chi connectivity index (χ2v) is 12.0. The standard InChI is InChI=1S/C27H38ClN3O2/c1-17-9-10-18(25(32)16-31-26-23(28)7-4-8-24(26)29-30-31)5-3-6-22-20(17)12-11-19-15-27(2,33)14-13-21(19)22/h4,7-8,17-22,33H,3,5-6,9-16H2,1-2H3/t17-,18+,19+,20-,21-,22-,27+/m0/s1. The fourth-order valence-corrected chi connectivity index (χ4v) is 7.87. The van der Waals surface area contributed by atoms with E-state index >= 15 is 0 Å². The molecule has 3 aliphatic rings. The van der Waals surface area contributed by atoms with Crippen molar-refractivity contribution in [2.75, 3.05) is 0 Å². The molecule has 5 rings (SSSR count). The third-order valence-electron chi connectivity index (χ3n) is 9.33. The summed E-state index contributed by atoms with van der Waals surface area (Å²) in [5.74, 6) is 4.02. The second-order valence-electron chi connectivity index (χ2n) is 11.6. The molecule has 7 atom stereocenters. The summed E-state index contributed by atoms with van der Waals surface area (Å²) < 4.78 is 1.69. The van der Waals surface area contributed by atoms with E-state index in [1.54, 1.807) is 4.68 Å². The summed E-state index contributed by atoms with van der Waals surface area (Å²) in [6, 6.07) is 5.58. The third kappa shape index (κ3) is 4.73. The largest absolute Gasteiger partial charge is 0.390 e. The van der Waals surface area contributed by atoms with Gasteiger partial charge in [-0.1, -0.05) is 36.2 Å². The van der Waals surface area contributed by atoms with Gasteiger partial charge in [0.25, 0.3) is 0 Å². The van der Waals surface area contributed by atoms with Crippen LogP contribution in [0.25, 0.3) is 11.0 Å². The smallest absolute Gasteiger partial charge is 0.157 e. The van der Waals surface area contributed by atoms with Gasteiger partial charge in [-0.05, 0) is 106 Å². The molecule has 33 heavy (non-hydrogen) atoms. The Morgan fingerprint density at radius 2 is 1.97 bits per heavy atom. The lowest BCUT2D eigenvalue weighted by molar-refractivity contribution is -0.124. The van der Waals surface area contributed by atoms with Crippen molar-refractivity contribution in [1.82, 2.24) is 15.0 Å². The number of carbonyl (C=O) groups is 1. The summed E-state index contributed by atoms with van der Waals surface area (Å²) in [4.78, 5) is 13.4. The van der Waals surface area contributed by atoms with Crippen LogP contribution in [0.15, 0.2) is 18.2 Å². The topological polar surface area (TPSA) is 68.0 Å². The molecule has 5 nitrogen and oxygen atoms in total. The second kappa shape index (κ2) is 9.30. The highest BCUT2D eigenvalue weighted by atomic mass is 35.5. The van der Waals surface area contributed by atoms with Crippen LogP contribution in [0.4, 0.5) is 0 Å². The Balaban J connectivity index is 1.28. The van der Waals surface area contributed by atoms with Gasteiger partial charge in [0.1, 0.15) is 17.6 Å². The van der Waals surface area contributed by atoms with Gasteiger partial charge in [-0.25, -0.2) is 4.68 Å². The van der Waals surface area contributed by atoms with E-state index in [-0.39, 0.29) is 18.2 Å². The zero-order chi connectivity index (χ0) is 23.2. The number of hydrogen-bond donors (Lipinski definition) is 1. The number of fused-ring (bicyclic) bond motifs is 4. The predicted molar refractivity (Wildman–Crippen MR) is 131 cm³/mol. The third-order valence-corrected chi connectivity index (χ3v) is 9.64.